The highest BCUT2D eigenvalue weighted by Crippen LogP contribution is 2.82. The molecule has 7 rings (SSSR count). The second-order valence-corrected chi connectivity index (χ2v) is 15.4. The lowest BCUT2D eigenvalue weighted by Gasteiger charge is -2.71. The zero-order valence-electron chi connectivity index (χ0n) is 23.2. The number of nitriles is 1. The Hall–Kier alpha value is -2.22. The van der Waals surface area contributed by atoms with Crippen LogP contribution in [0.1, 0.15) is 99.3 Å². The van der Waals surface area contributed by atoms with E-state index in [1.54, 1.807) is 0 Å². The number of allylic oxidation sites excluding steroid dienone is 3. The number of ketones is 2. The van der Waals surface area contributed by atoms with Gasteiger partial charge in [-0.2, -0.15) is 5.26 Å². The Labute approximate surface area is 220 Å². The summed E-state index contributed by atoms with van der Waals surface area (Å²) in [5.74, 6) is -0.106. The number of Topliss-reactive ketones (excluding diaryl/α,β-unsaturated/α-hetero) is 1. The molecule has 5 heteroatoms. The molecule has 6 aliphatic carbocycles. The third-order valence-corrected chi connectivity index (χ3v) is 13.7. The van der Waals surface area contributed by atoms with Crippen molar-refractivity contribution < 1.29 is 19.1 Å². The third-order valence-electron chi connectivity index (χ3n) is 13.7. The zero-order chi connectivity index (χ0) is 26.7. The van der Waals surface area contributed by atoms with Crippen LogP contribution in [0.5, 0.6) is 0 Å². The molecule has 0 aromatic rings. The van der Waals surface area contributed by atoms with Crippen molar-refractivity contribution in [1.82, 2.24) is 0 Å². The average molecular weight is 502 g/mol. The Kier molecular flexibility index (Phi) is 3.97. The zero-order valence-corrected chi connectivity index (χ0v) is 23.2. The maximum atomic E-state index is 14.7. The second kappa shape index (κ2) is 6.16. The van der Waals surface area contributed by atoms with E-state index in [4.69, 9.17) is 4.74 Å². The van der Waals surface area contributed by atoms with Crippen LogP contribution in [0, 0.1) is 55.2 Å². The lowest BCUT2D eigenvalue weighted by Crippen LogP contribution is -2.75. The molecule has 5 nitrogen and oxygen atoms in total. The van der Waals surface area contributed by atoms with Crippen LogP contribution in [-0.4, -0.2) is 23.1 Å². The summed E-state index contributed by atoms with van der Waals surface area (Å²) in [4.78, 5) is 41.9. The molecule has 0 aromatic carbocycles. The molecule has 0 aromatic heterocycles. The summed E-state index contributed by atoms with van der Waals surface area (Å²) in [6.07, 6.45) is 11.2. The maximum Gasteiger partial charge on any atom is 0.313 e. The van der Waals surface area contributed by atoms with Gasteiger partial charge in [-0.3, -0.25) is 14.4 Å². The van der Waals surface area contributed by atoms with Gasteiger partial charge in [-0.25, -0.2) is 0 Å². The summed E-state index contributed by atoms with van der Waals surface area (Å²) in [6.45, 7) is 13.4. The Morgan fingerprint density at radius 2 is 1.57 bits per heavy atom. The summed E-state index contributed by atoms with van der Waals surface area (Å²) < 4.78 is 6.57. The highest BCUT2D eigenvalue weighted by molar-refractivity contribution is 6.08. The van der Waals surface area contributed by atoms with Crippen LogP contribution in [0.3, 0.4) is 0 Å². The SMILES string of the molecule is CC1(C)CC[C@@]23CC[C@]4(C)[C@](OC2=O)(C(=O)C=C2[C@@]5(C)C=C(C#N)C(=O)C6(CC6)[C@@H]5CC[C@]24C)[C@]3(C)C1. The van der Waals surface area contributed by atoms with Crippen LogP contribution in [0.15, 0.2) is 23.3 Å². The quantitative estimate of drug-likeness (QED) is 0.379. The minimum absolute atomic E-state index is 0.00983. The molecule has 196 valence electrons. The van der Waals surface area contributed by atoms with Gasteiger partial charge in [-0.15, -0.1) is 0 Å². The number of carbonyl (C=O) groups is 3. The van der Waals surface area contributed by atoms with Gasteiger partial charge in [-0.05, 0) is 86.2 Å². The van der Waals surface area contributed by atoms with E-state index in [9.17, 15) is 19.6 Å². The van der Waals surface area contributed by atoms with Crippen molar-refractivity contribution in [2.24, 2.45) is 43.8 Å². The summed E-state index contributed by atoms with van der Waals surface area (Å²) >= 11 is 0. The molecule has 0 radical (unpaired) electrons. The number of rotatable bonds is 0. The molecule has 1 aliphatic heterocycles. The number of nitrogens with zero attached hydrogens (tertiary/aromatic N) is 1. The first-order chi connectivity index (χ1) is 17.1. The van der Waals surface area contributed by atoms with E-state index in [2.05, 4.69) is 47.6 Å². The fourth-order valence-corrected chi connectivity index (χ4v) is 11.7. The molecule has 37 heavy (non-hydrogen) atoms. The minimum Gasteiger partial charge on any atom is -0.449 e. The predicted molar refractivity (Wildman–Crippen MR) is 137 cm³/mol. The normalized spacial score (nSPS) is 52.0. The number of carbonyl (C=O) groups excluding carboxylic acids is 3. The molecule has 2 bridgehead atoms. The van der Waals surface area contributed by atoms with Gasteiger partial charge in [-0.1, -0.05) is 47.6 Å². The highest BCUT2D eigenvalue weighted by Gasteiger charge is 2.87. The lowest BCUT2D eigenvalue weighted by molar-refractivity contribution is -0.233. The molecule has 7 aliphatic rings. The minimum atomic E-state index is -1.18. The Morgan fingerprint density at radius 3 is 2.22 bits per heavy atom. The molecule has 0 amide bonds. The summed E-state index contributed by atoms with van der Waals surface area (Å²) in [6, 6.07) is 2.21. The molecular weight excluding hydrogens is 462 g/mol. The van der Waals surface area contributed by atoms with Gasteiger partial charge >= 0.3 is 5.97 Å². The van der Waals surface area contributed by atoms with E-state index in [0.29, 0.717) is 0 Å². The molecular formula is C32H39NO4. The smallest absolute Gasteiger partial charge is 0.313 e. The van der Waals surface area contributed by atoms with Crippen molar-refractivity contribution in [3.8, 4) is 6.07 Å². The van der Waals surface area contributed by atoms with Crippen molar-refractivity contribution in [3.05, 3.63) is 23.3 Å². The fourth-order valence-electron chi connectivity index (χ4n) is 11.7. The Morgan fingerprint density at radius 1 is 0.892 bits per heavy atom. The van der Waals surface area contributed by atoms with E-state index in [1.165, 1.54) is 0 Å². The number of ether oxygens (including phenoxy) is 1. The average Bonchev–Trinajstić information content (AvgIpc) is 3.59. The van der Waals surface area contributed by atoms with Crippen LogP contribution in [-0.2, 0) is 19.1 Å². The van der Waals surface area contributed by atoms with Crippen LogP contribution in [0.25, 0.3) is 0 Å². The van der Waals surface area contributed by atoms with E-state index < -0.39 is 32.7 Å². The highest BCUT2D eigenvalue weighted by atomic mass is 16.6. The first kappa shape index (κ1) is 23.9. The van der Waals surface area contributed by atoms with Gasteiger partial charge in [0.2, 0.25) is 5.78 Å². The molecule has 4 saturated carbocycles. The van der Waals surface area contributed by atoms with Crippen molar-refractivity contribution in [1.29, 1.82) is 5.26 Å². The molecule has 2 spiro atoms. The van der Waals surface area contributed by atoms with E-state index in [1.807, 2.05) is 12.2 Å². The predicted octanol–water partition coefficient (Wildman–Crippen LogP) is 6.03. The standard InChI is InChI=1S/C32H39NO4/c1-25(2)9-13-31-14-10-28(5)27(4)8-7-20-26(3,16-19(17-33)23(35)30(20)11-12-30)21(27)15-22(34)32(28,37-24(31)36)29(31,6)18-25/h15-16,20H,7-14,18H2,1-6H3/t20-,26+,27-,28+,29-,31-,32-/m1/s1. The Balaban J connectivity index is 1.49. The molecule has 1 saturated heterocycles. The van der Waals surface area contributed by atoms with Gasteiger partial charge in [0.25, 0.3) is 0 Å². The second-order valence-electron chi connectivity index (χ2n) is 15.4. The van der Waals surface area contributed by atoms with Crippen LogP contribution >= 0.6 is 0 Å². The number of esters is 1. The molecule has 7 atom stereocenters. The topological polar surface area (TPSA) is 84.2 Å². The number of fused-ring (bicyclic) bond motifs is 5. The maximum absolute atomic E-state index is 14.7. The summed E-state index contributed by atoms with van der Waals surface area (Å²) in [7, 11) is 0. The van der Waals surface area contributed by atoms with Gasteiger partial charge in [0, 0.05) is 21.7 Å². The summed E-state index contributed by atoms with van der Waals surface area (Å²) in [5.41, 5.74) is -2.93. The van der Waals surface area contributed by atoms with Crippen molar-refractivity contribution in [3.63, 3.8) is 0 Å². The van der Waals surface area contributed by atoms with Crippen molar-refractivity contribution in [2.75, 3.05) is 0 Å². The number of hydrogen-bond acceptors (Lipinski definition) is 5. The van der Waals surface area contributed by atoms with Gasteiger partial charge in [0.1, 0.15) is 6.07 Å². The van der Waals surface area contributed by atoms with Crippen LogP contribution < -0.4 is 0 Å². The van der Waals surface area contributed by atoms with E-state index >= 15 is 0 Å². The fraction of sp³-hybridized carbons (Fsp3) is 0.750. The monoisotopic (exact) mass is 501 g/mol. The molecule has 0 N–H and O–H groups in total. The first-order valence-corrected chi connectivity index (χ1v) is 14.3. The van der Waals surface area contributed by atoms with Gasteiger partial charge in [0.15, 0.2) is 11.4 Å². The van der Waals surface area contributed by atoms with Gasteiger partial charge < -0.3 is 4.74 Å². The van der Waals surface area contributed by atoms with Gasteiger partial charge in [0.05, 0.1) is 11.0 Å². The van der Waals surface area contributed by atoms with Crippen LogP contribution in [0.2, 0.25) is 0 Å². The molecule has 0 unspecified atom stereocenters. The Bertz CT molecular complexity index is 1330. The van der Waals surface area contributed by atoms with Crippen molar-refractivity contribution >= 4 is 17.5 Å². The molecule has 5 fully saturated rings. The van der Waals surface area contributed by atoms with E-state index in [0.717, 1.165) is 63.4 Å². The van der Waals surface area contributed by atoms with Crippen molar-refractivity contribution in [2.45, 2.75) is 105 Å². The third kappa shape index (κ3) is 2.12. The first-order valence-electron chi connectivity index (χ1n) is 14.3. The largest absolute Gasteiger partial charge is 0.449 e. The lowest BCUT2D eigenvalue weighted by atomic mass is 9.30. The molecule has 1 heterocycles. The van der Waals surface area contributed by atoms with E-state index in [-0.39, 0.29) is 39.9 Å². The number of hydrogen-bond donors (Lipinski definition) is 0. The van der Waals surface area contributed by atoms with Crippen LogP contribution in [0.4, 0.5) is 0 Å². The summed E-state index contributed by atoms with van der Waals surface area (Å²) in [5, 5.41) is 9.92.